The van der Waals surface area contributed by atoms with Crippen molar-refractivity contribution >= 4 is 40.6 Å². The molecule has 0 atom stereocenters. The predicted octanol–water partition coefficient (Wildman–Crippen LogP) is 5.90. The summed E-state index contributed by atoms with van der Waals surface area (Å²) in [4.78, 5) is 22.3. The summed E-state index contributed by atoms with van der Waals surface area (Å²) in [6.45, 7) is 2.48. The minimum atomic E-state index is -0.188. The number of nitrogens with one attached hydrogen (secondary N) is 1. The number of nitrogens with zero attached hydrogens (tertiary/aromatic N) is 3. The molecule has 3 aromatic carbocycles. The zero-order valence-corrected chi connectivity index (χ0v) is 24.1. The maximum Gasteiger partial charge on any atom is 0.256 e. The fourth-order valence-corrected chi connectivity index (χ4v) is 5.97. The molecule has 2 aliphatic rings. The summed E-state index contributed by atoms with van der Waals surface area (Å²) in [5, 5.41) is 3.79. The average molecular weight is 568 g/mol. The Morgan fingerprint density at radius 2 is 1.62 bits per heavy atom. The van der Waals surface area contributed by atoms with Crippen LogP contribution in [0, 0.1) is 0 Å². The molecule has 1 saturated heterocycles. The highest BCUT2D eigenvalue weighted by Crippen LogP contribution is 2.46. The summed E-state index contributed by atoms with van der Waals surface area (Å²) in [7, 11) is 7.38. The van der Waals surface area contributed by atoms with E-state index in [2.05, 4.69) is 34.2 Å². The number of carbonyl (C=O) groups excluding carboxylic acids is 1. The molecule has 1 amide bonds. The Kier molecular flexibility index (Phi) is 8.03. The second kappa shape index (κ2) is 11.5. The van der Waals surface area contributed by atoms with E-state index in [1.807, 2.05) is 42.5 Å². The minimum Gasteiger partial charge on any atom is -0.495 e. The number of ether oxygens (including phenoxy) is 2. The summed E-state index contributed by atoms with van der Waals surface area (Å²) < 4.78 is 10.8. The molecule has 0 spiro atoms. The highest BCUT2D eigenvalue weighted by atomic mass is 35.5. The second-order valence-electron chi connectivity index (χ2n) is 10.0. The number of amidine groups is 1. The Morgan fingerprint density at radius 1 is 0.974 bits per heavy atom. The molecule has 1 N–H and O–H groups in total. The second-order valence-corrected chi connectivity index (χ2v) is 10.8. The molecule has 3 aromatic rings. The Balaban J connectivity index is 1.29. The van der Waals surface area contributed by atoms with E-state index in [0.29, 0.717) is 51.1 Å². The van der Waals surface area contributed by atoms with Crippen molar-refractivity contribution in [3.8, 4) is 22.6 Å². The lowest BCUT2D eigenvalue weighted by molar-refractivity contribution is 0.0977. The average Bonchev–Trinajstić information content (AvgIpc) is 3.35. The van der Waals surface area contributed by atoms with Gasteiger partial charge in [-0.2, -0.15) is 0 Å². The van der Waals surface area contributed by atoms with E-state index in [1.54, 1.807) is 20.3 Å². The third kappa shape index (κ3) is 5.44. The summed E-state index contributed by atoms with van der Waals surface area (Å²) in [6.07, 6.45) is 2.28. The number of halogens is 2. The van der Waals surface area contributed by atoms with Crippen molar-refractivity contribution in [3.05, 3.63) is 75.3 Å². The number of hydrogen-bond donors (Lipinski definition) is 1. The van der Waals surface area contributed by atoms with Crippen LogP contribution >= 0.6 is 23.2 Å². The van der Waals surface area contributed by atoms with E-state index < -0.39 is 0 Å². The number of methoxy groups -OCH3 is 2. The molecule has 0 radical (unpaired) electrons. The monoisotopic (exact) mass is 566 g/mol. The molecule has 39 heavy (non-hydrogen) atoms. The largest absolute Gasteiger partial charge is 0.495 e. The molecule has 2 heterocycles. The van der Waals surface area contributed by atoms with E-state index in [-0.39, 0.29) is 5.91 Å². The van der Waals surface area contributed by atoms with Crippen LogP contribution in [0.15, 0.2) is 53.5 Å². The van der Waals surface area contributed by atoms with Crippen molar-refractivity contribution in [2.24, 2.45) is 4.99 Å². The lowest BCUT2D eigenvalue weighted by Crippen LogP contribution is -2.42. The van der Waals surface area contributed by atoms with Gasteiger partial charge in [-0.25, -0.2) is 0 Å². The minimum absolute atomic E-state index is 0.188. The van der Waals surface area contributed by atoms with Crippen LogP contribution in [0.25, 0.3) is 11.1 Å². The number of benzene rings is 3. The third-order valence-electron chi connectivity index (χ3n) is 7.55. The van der Waals surface area contributed by atoms with Gasteiger partial charge in [0.05, 0.1) is 30.8 Å². The number of anilines is 1. The zero-order valence-electron chi connectivity index (χ0n) is 22.6. The van der Waals surface area contributed by atoms with Crippen molar-refractivity contribution < 1.29 is 14.3 Å². The van der Waals surface area contributed by atoms with E-state index in [0.717, 1.165) is 48.3 Å². The summed E-state index contributed by atoms with van der Waals surface area (Å²) in [5.74, 6) is 1.31. The van der Waals surface area contributed by atoms with E-state index >= 15 is 0 Å². The summed E-state index contributed by atoms with van der Waals surface area (Å²) >= 11 is 13.2. The summed E-state index contributed by atoms with van der Waals surface area (Å²) in [6, 6.07) is 15.9. The molecule has 5 rings (SSSR count). The quantitative estimate of drug-likeness (QED) is 0.402. The number of hydrogen-bond acceptors (Lipinski definition) is 6. The van der Waals surface area contributed by atoms with Gasteiger partial charge >= 0.3 is 0 Å². The normalized spacial score (nSPS) is 15.3. The van der Waals surface area contributed by atoms with E-state index in [9.17, 15) is 4.79 Å². The van der Waals surface area contributed by atoms with Crippen LogP contribution in [0.5, 0.6) is 11.5 Å². The molecule has 0 aliphatic carbocycles. The summed E-state index contributed by atoms with van der Waals surface area (Å²) in [5.41, 5.74) is 5.01. The highest BCUT2D eigenvalue weighted by Gasteiger charge is 2.24. The molecule has 2 aliphatic heterocycles. The molecule has 0 unspecified atom stereocenters. The molecule has 204 valence electrons. The first-order valence-corrected chi connectivity index (χ1v) is 13.7. The Bertz CT molecular complexity index is 1390. The molecule has 0 bridgehead atoms. The van der Waals surface area contributed by atoms with Crippen molar-refractivity contribution in [2.45, 2.75) is 25.4 Å². The number of carbonyl (C=O) groups is 1. The number of fused-ring (bicyclic) bond motifs is 1. The number of aliphatic imine (C=N–C) groups is 1. The Hall–Kier alpha value is -3.26. The standard InChI is InChI=1S/C30H32Cl2N4O3/c1-35(2)21-11-13-36(14-12-21)22-8-5-18(6-9-22)30(37)34-29-23-10-7-19(15-20(23)17-33-29)26-27(31)24(38-3)16-25(39-4)28(26)32/h5-10,15-16,21H,11-14,17H2,1-4H3,(H,33,34,37). The van der Waals surface area contributed by atoms with Crippen molar-refractivity contribution in [2.75, 3.05) is 46.3 Å². The molecule has 7 nitrogen and oxygen atoms in total. The third-order valence-corrected chi connectivity index (χ3v) is 8.30. The van der Waals surface area contributed by atoms with Gasteiger partial charge in [-0.1, -0.05) is 35.3 Å². The maximum absolute atomic E-state index is 13.1. The SMILES string of the molecule is COc1cc(OC)c(Cl)c(-c2ccc3c(c2)CN=C3NC(=O)c2ccc(N3CCC(N(C)C)CC3)cc2)c1Cl. The first-order chi connectivity index (χ1) is 18.8. The highest BCUT2D eigenvalue weighted by molar-refractivity contribution is 6.41. The molecular weight excluding hydrogens is 535 g/mol. The van der Waals surface area contributed by atoms with Gasteiger partial charge in [0.15, 0.2) is 0 Å². The molecule has 9 heteroatoms. The molecule has 0 saturated carbocycles. The van der Waals surface area contributed by atoms with Crippen LogP contribution in [0.2, 0.25) is 10.0 Å². The van der Waals surface area contributed by atoms with Gasteiger partial charge in [0.2, 0.25) is 0 Å². The van der Waals surface area contributed by atoms with Gasteiger partial charge in [-0.15, -0.1) is 0 Å². The van der Waals surface area contributed by atoms with Crippen molar-refractivity contribution in [1.29, 1.82) is 0 Å². The van der Waals surface area contributed by atoms with Gasteiger partial charge in [0.25, 0.3) is 5.91 Å². The van der Waals surface area contributed by atoms with Crippen LogP contribution < -0.4 is 19.7 Å². The number of piperidine rings is 1. The predicted molar refractivity (Wildman–Crippen MR) is 158 cm³/mol. The number of amides is 1. The maximum atomic E-state index is 13.1. The van der Waals surface area contributed by atoms with E-state index in [1.165, 1.54) is 0 Å². The van der Waals surface area contributed by atoms with Crippen LogP contribution in [-0.2, 0) is 6.54 Å². The molecular formula is C30H32Cl2N4O3. The van der Waals surface area contributed by atoms with Crippen molar-refractivity contribution in [3.63, 3.8) is 0 Å². The smallest absolute Gasteiger partial charge is 0.256 e. The van der Waals surface area contributed by atoms with Crippen LogP contribution in [0.1, 0.15) is 34.3 Å². The first-order valence-electron chi connectivity index (χ1n) is 12.9. The van der Waals surface area contributed by atoms with Crippen LogP contribution in [0.4, 0.5) is 5.69 Å². The fourth-order valence-electron chi connectivity index (χ4n) is 5.25. The molecule has 1 fully saturated rings. The lowest BCUT2D eigenvalue weighted by atomic mass is 9.99. The van der Waals surface area contributed by atoms with Gasteiger partial charge in [0.1, 0.15) is 17.3 Å². The molecule has 0 aromatic heterocycles. The Morgan fingerprint density at radius 3 is 2.21 bits per heavy atom. The van der Waals surface area contributed by atoms with E-state index in [4.69, 9.17) is 32.7 Å². The number of rotatable bonds is 6. The van der Waals surface area contributed by atoms with Crippen LogP contribution in [0.3, 0.4) is 0 Å². The first kappa shape index (κ1) is 27.3. The fraction of sp³-hybridized carbons (Fsp3) is 0.333. The lowest BCUT2D eigenvalue weighted by Gasteiger charge is -2.36. The Labute approximate surface area is 239 Å². The van der Waals surface area contributed by atoms with Gasteiger partial charge in [-0.05, 0) is 68.4 Å². The van der Waals surface area contributed by atoms with Crippen LogP contribution in [-0.4, -0.2) is 64.1 Å². The van der Waals surface area contributed by atoms with Gasteiger partial charge in [-0.3, -0.25) is 9.79 Å². The van der Waals surface area contributed by atoms with Crippen molar-refractivity contribution in [1.82, 2.24) is 10.2 Å². The topological polar surface area (TPSA) is 66.4 Å². The zero-order chi connectivity index (χ0) is 27.7. The van der Waals surface area contributed by atoms with Gasteiger partial charge < -0.3 is 24.6 Å². The van der Waals surface area contributed by atoms with Gasteiger partial charge in [0, 0.05) is 47.6 Å².